The molecule has 2 aromatic rings. The fourth-order valence-corrected chi connectivity index (χ4v) is 4.33. The van der Waals surface area contributed by atoms with Gasteiger partial charge < -0.3 is 5.32 Å². The highest BCUT2D eigenvalue weighted by molar-refractivity contribution is 7.90. The Bertz CT molecular complexity index is 1100. The molecule has 0 aliphatic heterocycles. The van der Waals surface area contributed by atoms with E-state index in [0.717, 1.165) is 6.92 Å². The molecule has 0 aliphatic carbocycles. The summed E-state index contributed by atoms with van der Waals surface area (Å²) in [6.45, 7) is 0.944. The Balaban J connectivity index is 1.89. The highest BCUT2D eigenvalue weighted by Crippen LogP contribution is 2.15. The number of halogens is 1. The molecule has 156 valence electrons. The van der Waals surface area contributed by atoms with Gasteiger partial charge >= 0.3 is 0 Å². The molecular weight excluding hydrogens is 442 g/mol. The smallest absolute Gasteiger partial charge is 0.264 e. The SMILES string of the molecule is CC(=O)NS(=O)(=O)c1ccc(NC(=O)CCNS(=O)(=O)c2ccc(Cl)cc2)cc1. The number of hydrogen-bond donors (Lipinski definition) is 3. The molecule has 0 aromatic heterocycles. The van der Waals surface area contributed by atoms with E-state index in [1.807, 2.05) is 4.72 Å². The van der Waals surface area contributed by atoms with Gasteiger partial charge in [0.25, 0.3) is 10.0 Å². The summed E-state index contributed by atoms with van der Waals surface area (Å²) in [5.74, 6) is -1.19. The zero-order valence-corrected chi connectivity index (χ0v) is 17.6. The molecule has 0 unspecified atom stereocenters. The minimum atomic E-state index is -3.96. The number of amides is 2. The van der Waals surface area contributed by atoms with E-state index in [0.29, 0.717) is 10.7 Å². The zero-order chi connectivity index (χ0) is 21.7. The van der Waals surface area contributed by atoms with Crippen LogP contribution in [0.5, 0.6) is 0 Å². The van der Waals surface area contributed by atoms with Crippen LogP contribution in [-0.4, -0.2) is 35.2 Å². The van der Waals surface area contributed by atoms with Crippen LogP contribution in [0.25, 0.3) is 0 Å². The zero-order valence-electron chi connectivity index (χ0n) is 15.2. The second-order valence-corrected chi connectivity index (χ2v) is 9.72. The van der Waals surface area contributed by atoms with E-state index in [1.54, 1.807) is 0 Å². The van der Waals surface area contributed by atoms with Crippen LogP contribution in [-0.2, 0) is 29.6 Å². The Morgan fingerprint density at radius 1 is 0.862 bits per heavy atom. The number of hydrogen-bond acceptors (Lipinski definition) is 6. The van der Waals surface area contributed by atoms with Crippen molar-refractivity contribution in [2.45, 2.75) is 23.1 Å². The second-order valence-electron chi connectivity index (χ2n) is 5.84. The third-order valence-electron chi connectivity index (χ3n) is 3.49. The van der Waals surface area contributed by atoms with Crippen molar-refractivity contribution < 1.29 is 26.4 Å². The van der Waals surface area contributed by atoms with E-state index in [2.05, 4.69) is 10.0 Å². The van der Waals surface area contributed by atoms with Crippen LogP contribution in [0, 0.1) is 0 Å². The molecule has 2 aromatic carbocycles. The van der Waals surface area contributed by atoms with Crippen LogP contribution >= 0.6 is 11.6 Å². The molecule has 0 spiro atoms. The molecule has 0 heterocycles. The summed E-state index contributed by atoms with van der Waals surface area (Å²) in [6, 6.07) is 10.7. The first kappa shape index (κ1) is 22.8. The van der Waals surface area contributed by atoms with Crippen LogP contribution in [0.4, 0.5) is 5.69 Å². The van der Waals surface area contributed by atoms with Gasteiger partial charge in [-0.1, -0.05) is 11.6 Å². The van der Waals surface area contributed by atoms with Crippen LogP contribution in [0.2, 0.25) is 5.02 Å². The molecule has 0 atom stereocenters. The van der Waals surface area contributed by atoms with Gasteiger partial charge in [-0.3, -0.25) is 9.59 Å². The van der Waals surface area contributed by atoms with Crippen LogP contribution in [0.3, 0.4) is 0 Å². The van der Waals surface area contributed by atoms with Gasteiger partial charge in [-0.15, -0.1) is 0 Å². The van der Waals surface area contributed by atoms with Gasteiger partial charge in [0.05, 0.1) is 9.79 Å². The third kappa shape index (κ3) is 6.82. The highest BCUT2D eigenvalue weighted by atomic mass is 35.5. The lowest BCUT2D eigenvalue weighted by Gasteiger charge is -2.09. The lowest BCUT2D eigenvalue weighted by molar-refractivity contribution is -0.117. The topological polar surface area (TPSA) is 139 Å². The minimum absolute atomic E-state index is 0.0262. The number of nitrogens with one attached hydrogen (secondary N) is 3. The van der Waals surface area contributed by atoms with Gasteiger partial charge in [0.15, 0.2) is 0 Å². The predicted molar refractivity (Wildman–Crippen MR) is 107 cm³/mol. The van der Waals surface area contributed by atoms with Crippen molar-refractivity contribution in [2.24, 2.45) is 0 Å². The van der Waals surface area contributed by atoms with Crippen molar-refractivity contribution in [3.05, 3.63) is 53.6 Å². The first-order valence-electron chi connectivity index (χ1n) is 8.18. The molecule has 0 bridgehead atoms. The number of sulfonamides is 2. The predicted octanol–water partition coefficient (Wildman–Crippen LogP) is 1.47. The van der Waals surface area contributed by atoms with E-state index in [4.69, 9.17) is 11.6 Å². The Morgan fingerprint density at radius 2 is 1.38 bits per heavy atom. The Morgan fingerprint density at radius 3 is 1.93 bits per heavy atom. The number of carbonyl (C=O) groups excluding carboxylic acids is 2. The molecule has 3 N–H and O–H groups in total. The van der Waals surface area contributed by atoms with E-state index < -0.39 is 31.9 Å². The Labute approximate surface area is 173 Å². The summed E-state index contributed by atoms with van der Waals surface area (Å²) in [7, 11) is -7.73. The fourth-order valence-electron chi connectivity index (χ4n) is 2.19. The molecule has 2 rings (SSSR count). The van der Waals surface area contributed by atoms with Gasteiger partial charge in [-0.25, -0.2) is 26.3 Å². The maximum Gasteiger partial charge on any atom is 0.264 e. The summed E-state index contributed by atoms with van der Waals surface area (Å²) in [5, 5.41) is 2.92. The number of benzene rings is 2. The van der Waals surface area contributed by atoms with E-state index in [9.17, 15) is 26.4 Å². The van der Waals surface area contributed by atoms with Crippen LogP contribution in [0.15, 0.2) is 58.3 Å². The number of anilines is 1. The first-order valence-corrected chi connectivity index (χ1v) is 11.5. The summed E-state index contributed by atoms with van der Waals surface area (Å²) in [4.78, 5) is 22.8. The molecular formula is C17H18ClN3O6S2. The van der Waals surface area contributed by atoms with Crippen LogP contribution < -0.4 is 14.8 Å². The average molecular weight is 460 g/mol. The molecule has 0 fully saturated rings. The lowest BCUT2D eigenvalue weighted by atomic mass is 10.3. The summed E-state index contributed by atoms with van der Waals surface area (Å²) < 4.78 is 52.1. The summed E-state index contributed by atoms with van der Waals surface area (Å²) >= 11 is 5.72. The van der Waals surface area contributed by atoms with Crippen molar-refractivity contribution in [1.29, 1.82) is 0 Å². The molecule has 0 saturated carbocycles. The van der Waals surface area contributed by atoms with E-state index in [1.165, 1.54) is 48.5 Å². The second kappa shape index (κ2) is 9.35. The lowest BCUT2D eigenvalue weighted by Crippen LogP contribution is -2.28. The van der Waals surface area contributed by atoms with Crippen molar-refractivity contribution in [1.82, 2.24) is 9.44 Å². The maximum atomic E-state index is 12.1. The van der Waals surface area contributed by atoms with Gasteiger partial charge in [0, 0.05) is 30.6 Å². The quantitative estimate of drug-likeness (QED) is 0.546. The van der Waals surface area contributed by atoms with Gasteiger partial charge in [0.2, 0.25) is 21.8 Å². The average Bonchev–Trinajstić information content (AvgIpc) is 2.61. The van der Waals surface area contributed by atoms with Crippen molar-refractivity contribution in [3.8, 4) is 0 Å². The molecule has 0 radical (unpaired) electrons. The van der Waals surface area contributed by atoms with Crippen molar-refractivity contribution in [3.63, 3.8) is 0 Å². The minimum Gasteiger partial charge on any atom is -0.326 e. The molecule has 0 aliphatic rings. The normalized spacial score (nSPS) is 11.7. The highest BCUT2D eigenvalue weighted by Gasteiger charge is 2.16. The summed E-state index contributed by atoms with van der Waals surface area (Å²) in [6.07, 6.45) is -0.140. The monoisotopic (exact) mass is 459 g/mol. The molecule has 12 heteroatoms. The first-order chi connectivity index (χ1) is 13.5. The maximum absolute atomic E-state index is 12.1. The molecule has 9 nitrogen and oxygen atoms in total. The van der Waals surface area contributed by atoms with Crippen molar-refractivity contribution >= 4 is 49.1 Å². The van der Waals surface area contributed by atoms with Crippen molar-refractivity contribution in [2.75, 3.05) is 11.9 Å². The largest absolute Gasteiger partial charge is 0.326 e. The van der Waals surface area contributed by atoms with Crippen LogP contribution in [0.1, 0.15) is 13.3 Å². The Hall–Kier alpha value is -2.47. The fraction of sp³-hybridized carbons (Fsp3) is 0.176. The standard InChI is InChI=1S/C17H18ClN3O6S2/c1-12(22)21-29(26,27)16-8-4-14(5-9-16)20-17(23)10-11-19-28(24,25)15-6-2-13(18)3-7-15/h2-9,19H,10-11H2,1H3,(H,20,23)(H,21,22). The molecule has 2 amide bonds. The molecule has 29 heavy (non-hydrogen) atoms. The third-order valence-corrected chi connectivity index (χ3v) is 6.67. The van der Waals surface area contributed by atoms with Gasteiger partial charge in [0.1, 0.15) is 0 Å². The number of rotatable bonds is 8. The Kier molecular flexibility index (Phi) is 7.36. The van der Waals surface area contributed by atoms with E-state index in [-0.39, 0.29) is 22.8 Å². The summed E-state index contributed by atoms with van der Waals surface area (Å²) in [5.41, 5.74) is 0.317. The van der Waals surface area contributed by atoms with Gasteiger partial charge in [-0.05, 0) is 48.5 Å². The number of carbonyl (C=O) groups is 2. The van der Waals surface area contributed by atoms with Gasteiger partial charge in [-0.2, -0.15) is 0 Å². The molecule has 0 saturated heterocycles. The van der Waals surface area contributed by atoms with E-state index >= 15 is 0 Å².